The third-order valence-corrected chi connectivity index (χ3v) is 4.47. The standard InChI is InChI=1S/C20H12Cl2N2O5/c21-17-4-2-1-3-15(17)19(25)23-12-5-8-14(9-6-12)29-20(26)16-10-7-13(24(27)28)11-18(16)22/h1-11H,(H,23,25). The molecule has 7 nitrogen and oxygen atoms in total. The number of carbonyl (C=O) groups is 2. The van der Waals surface area contributed by atoms with Crippen LogP contribution in [0.4, 0.5) is 11.4 Å². The minimum atomic E-state index is -0.766. The smallest absolute Gasteiger partial charge is 0.345 e. The summed E-state index contributed by atoms with van der Waals surface area (Å²) in [6.07, 6.45) is 0. The van der Waals surface area contributed by atoms with Gasteiger partial charge in [0.05, 0.1) is 26.1 Å². The number of carbonyl (C=O) groups excluding carboxylic acids is 2. The van der Waals surface area contributed by atoms with E-state index in [1.165, 1.54) is 18.2 Å². The number of hydrogen-bond acceptors (Lipinski definition) is 5. The Labute approximate surface area is 175 Å². The third-order valence-electron chi connectivity index (χ3n) is 3.82. The molecular formula is C20H12Cl2N2O5. The second-order valence-corrected chi connectivity index (χ2v) is 6.58. The highest BCUT2D eigenvalue weighted by atomic mass is 35.5. The van der Waals surface area contributed by atoms with Gasteiger partial charge in [-0.15, -0.1) is 0 Å². The van der Waals surface area contributed by atoms with Crippen LogP contribution in [-0.4, -0.2) is 16.8 Å². The van der Waals surface area contributed by atoms with Gasteiger partial charge in [-0.05, 0) is 42.5 Å². The summed E-state index contributed by atoms with van der Waals surface area (Å²) in [5, 5.41) is 13.7. The van der Waals surface area contributed by atoms with E-state index in [9.17, 15) is 19.7 Å². The molecule has 0 aliphatic rings. The number of anilines is 1. The average molecular weight is 431 g/mol. The fraction of sp³-hybridized carbons (Fsp3) is 0. The predicted octanol–water partition coefficient (Wildman–Crippen LogP) is 5.37. The molecule has 3 rings (SSSR count). The van der Waals surface area contributed by atoms with Crippen molar-refractivity contribution in [2.45, 2.75) is 0 Å². The lowest BCUT2D eigenvalue weighted by Crippen LogP contribution is -2.12. The average Bonchev–Trinajstić information content (AvgIpc) is 2.69. The van der Waals surface area contributed by atoms with Crippen LogP contribution in [0.25, 0.3) is 0 Å². The molecule has 0 spiro atoms. The number of non-ortho nitro benzene ring substituents is 1. The largest absolute Gasteiger partial charge is 0.423 e. The number of amides is 1. The van der Waals surface area contributed by atoms with E-state index in [2.05, 4.69) is 5.32 Å². The van der Waals surface area contributed by atoms with E-state index in [0.717, 1.165) is 12.1 Å². The number of hydrogen-bond donors (Lipinski definition) is 1. The Kier molecular flexibility index (Phi) is 6.11. The fourth-order valence-electron chi connectivity index (χ4n) is 2.40. The SMILES string of the molecule is O=C(Nc1ccc(OC(=O)c2ccc([N+](=O)[O-])cc2Cl)cc1)c1ccccc1Cl. The van der Waals surface area contributed by atoms with E-state index in [4.69, 9.17) is 27.9 Å². The van der Waals surface area contributed by atoms with Gasteiger partial charge in [-0.2, -0.15) is 0 Å². The van der Waals surface area contributed by atoms with Gasteiger partial charge in [0.25, 0.3) is 11.6 Å². The number of halogens is 2. The van der Waals surface area contributed by atoms with Crippen LogP contribution in [0.15, 0.2) is 66.7 Å². The Balaban J connectivity index is 1.68. The van der Waals surface area contributed by atoms with Gasteiger partial charge in [-0.3, -0.25) is 14.9 Å². The van der Waals surface area contributed by atoms with Crippen LogP contribution in [0.5, 0.6) is 5.75 Å². The predicted molar refractivity (Wildman–Crippen MR) is 109 cm³/mol. The molecule has 0 heterocycles. The van der Waals surface area contributed by atoms with E-state index < -0.39 is 10.9 Å². The van der Waals surface area contributed by atoms with Gasteiger partial charge < -0.3 is 10.1 Å². The summed E-state index contributed by atoms with van der Waals surface area (Å²) < 4.78 is 5.22. The van der Waals surface area contributed by atoms with Gasteiger partial charge in [0.1, 0.15) is 5.75 Å². The van der Waals surface area contributed by atoms with Crippen LogP contribution >= 0.6 is 23.2 Å². The first-order valence-electron chi connectivity index (χ1n) is 8.17. The lowest BCUT2D eigenvalue weighted by molar-refractivity contribution is -0.384. The molecule has 9 heteroatoms. The van der Waals surface area contributed by atoms with Crippen LogP contribution < -0.4 is 10.1 Å². The van der Waals surface area contributed by atoms with Crippen LogP contribution in [0.1, 0.15) is 20.7 Å². The Morgan fingerprint density at radius 1 is 0.897 bits per heavy atom. The second kappa shape index (κ2) is 8.72. The summed E-state index contributed by atoms with van der Waals surface area (Å²) in [5.74, 6) is -0.934. The fourth-order valence-corrected chi connectivity index (χ4v) is 2.87. The first kappa shape index (κ1) is 20.3. The van der Waals surface area contributed by atoms with Crippen LogP contribution in [0.3, 0.4) is 0 Å². The van der Waals surface area contributed by atoms with Crippen molar-refractivity contribution >= 4 is 46.5 Å². The van der Waals surface area contributed by atoms with Crippen molar-refractivity contribution in [1.29, 1.82) is 0 Å². The lowest BCUT2D eigenvalue weighted by Gasteiger charge is -2.09. The lowest BCUT2D eigenvalue weighted by atomic mass is 10.2. The van der Waals surface area contributed by atoms with Crippen LogP contribution in [-0.2, 0) is 0 Å². The summed E-state index contributed by atoms with van der Waals surface area (Å²) in [4.78, 5) is 34.6. The highest BCUT2D eigenvalue weighted by molar-refractivity contribution is 6.34. The molecule has 0 radical (unpaired) electrons. The van der Waals surface area contributed by atoms with E-state index in [1.54, 1.807) is 36.4 Å². The van der Waals surface area contributed by atoms with Gasteiger partial charge >= 0.3 is 5.97 Å². The first-order chi connectivity index (χ1) is 13.8. The van der Waals surface area contributed by atoms with Gasteiger partial charge in [0, 0.05) is 17.8 Å². The molecule has 0 aliphatic heterocycles. The summed E-state index contributed by atoms with van der Waals surface area (Å²) in [6, 6.07) is 16.2. The Bertz CT molecular complexity index is 1100. The molecule has 146 valence electrons. The van der Waals surface area contributed by atoms with Crippen molar-refractivity contribution in [1.82, 2.24) is 0 Å². The number of nitro benzene ring substituents is 1. The highest BCUT2D eigenvalue weighted by Gasteiger charge is 2.17. The van der Waals surface area contributed by atoms with Crippen molar-refractivity contribution in [2.24, 2.45) is 0 Å². The minimum absolute atomic E-state index is 0.00614. The maximum atomic E-state index is 12.3. The Morgan fingerprint density at radius 2 is 1.59 bits per heavy atom. The quantitative estimate of drug-likeness (QED) is 0.253. The molecule has 1 N–H and O–H groups in total. The van der Waals surface area contributed by atoms with Crippen LogP contribution in [0, 0.1) is 10.1 Å². The Hall–Kier alpha value is -3.42. The molecular weight excluding hydrogens is 419 g/mol. The molecule has 1 amide bonds. The zero-order valence-corrected chi connectivity index (χ0v) is 16.1. The maximum absolute atomic E-state index is 12.3. The summed E-state index contributed by atoms with van der Waals surface area (Å²) in [5.41, 5.74) is 0.569. The van der Waals surface area contributed by atoms with Crippen molar-refractivity contribution in [3.63, 3.8) is 0 Å². The molecule has 0 atom stereocenters. The molecule has 29 heavy (non-hydrogen) atoms. The topological polar surface area (TPSA) is 98.5 Å². The third kappa shape index (κ3) is 4.90. The molecule has 0 bridgehead atoms. The van der Waals surface area contributed by atoms with Gasteiger partial charge in [0.2, 0.25) is 0 Å². The number of esters is 1. The maximum Gasteiger partial charge on any atom is 0.345 e. The first-order valence-corrected chi connectivity index (χ1v) is 8.93. The summed E-state index contributed by atoms with van der Waals surface area (Å²) >= 11 is 11.9. The molecule has 0 fully saturated rings. The summed E-state index contributed by atoms with van der Waals surface area (Å²) in [7, 11) is 0. The van der Waals surface area contributed by atoms with Crippen molar-refractivity contribution < 1.29 is 19.2 Å². The minimum Gasteiger partial charge on any atom is -0.423 e. The monoisotopic (exact) mass is 430 g/mol. The van der Waals surface area contributed by atoms with Crippen molar-refractivity contribution in [2.75, 3.05) is 5.32 Å². The molecule has 0 saturated heterocycles. The van der Waals surface area contributed by atoms with Gasteiger partial charge in [-0.25, -0.2) is 4.79 Å². The molecule has 0 saturated carbocycles. The van der Waals surface area contributed by atoms with Crippen molar-refractivity contribution in [3.05, 3.63) is 98.0 Å². The number of nitrogens with one attached hydrogen (secondary N) is 1. The molecule has 3 aromatic rings. The number of rotatable bonds is 5. The molecule has 0 aliphatic carbocycles. The number of nitro groups is 1. The second-order valence-electron chi connectivity index (χ2n) is 5.77. The van der Waals surface area contributed by atoms with E-state index >= 15 is 0 Å². The van der Waals surface area contributed by atoms with Crippen molar-refractivity contribution in [3.8, 4) is 5.75 Å². The normalized spacial score (nSPS) is 10.3. The number of ether oxygens (including phenoxy) is 1. The van der Waals surface area contributed by atoms with Gasteiger partial charge in [0.15, 0.2) is 0 Å². The number of benzene rings is 3. The highest BCUT2D eigenvalue weighted by Crippen LogP contribution is 2.25. The Morgan fingerprint density at radius 3 is 2.21 bits per heavy atom. The van der Waals surface area contributed by atoms with Crippen LogP contribution in [0.2, 0.25) is 10.0 Å². The van der Waals surface area contributed by atoms with E-state index in [1.807, 2.05) is 0 Å². The zero-order chi connectivity index (χ0) is 21.0. The van der Waals surface area contributed by atoms with E-state index in [-0.39, 0.29) is 27.9 Å². The zero-order valence-electron chi connectivity index (χ0n) is 14.6. The number of nitrogens with zero attached hydrogens (tertiary/aromatic N) is 1. The molecule has 0 aromatic heterocycles. The van der Waals surface area contributed by atoms with Gasteiger partial charge in [-0.1, -0.05) is 35.3 Å². The summed E-state index contributed by atoms with van der Waals surface area (Å²) in [6.45, 7) is 0. The molecule has 0 unspecified atom stereocenters. The molecule has 3 aromatic carbocycles. The van der Waals surface area contributed by atoms with E-state index in [0.29, 0.717) is 16.3 Å².